The van der Waals surface area contributed by atoms with Gasteiger partial charge in [0.25, 0.3) is 0 Å². The largest absolute Gasteiger partial charge is 0.490 e. The summed E-state index contributed by atoms with van der Waals surface area (Å²) in [6.07, 6.45) is -3.91. The first-order valence-electron chi connectivity index (χ1n) is 10.4. The van der Waals surface area contributed by atoms with Crippen LogP contribution in [0.25, 0.3) is 0 Å². The molecule has 2 heterocycles. The number of carbonyl (C=O) groups is 1. The van der Waals surface area contributed by atoms with Gasteiger partial charge in [0.05, 0.1) is 36.1 Å². The number of benzene rings is 1. The Bertz CT molecular complexity index is 1070. The van der Waals surface area contributed by atoms with Gasteiger partial charge < -0.3 is 14.8 Å². The average molecular weight is 480 g/mol. The maximum atomic E-state index is 13.3. The first-order valence-corrected chi connectivity index (χ1v) is 11.4. The zero-order valence-corrected chi connectivity index (χ0v) is 19.3. The van der Waals surface area contributed by atoms with Gasteiger partial charge in [0.1, 0.15) is 11.1 Å². The number of aryl methyl sites for hydroxylation is 1. The Kier molecular flexibility index (Phi) is 7.74. The second-order valence-corrected chi connectivity index (χ2v) is 8.90. The standard InChI is InChI=1S/C23H24F3N3O3S/c1-13(2)21(15-5-6-18-19(10-15)32-8-4-7-31-18)29-20(30)12-33-22-16(11-27)17(23(24,25)26)9-14(3)28-22/h5-6,9-10,13,21H,4,7-8,12H2,1-3H3,(H,29,30). The van der Waals surface area contributed by atoms with Gasteiger partial charge in [-0.1, -0.05) is 31.7 Å². The lowest BCUT2D eigenvalue weighted by atomic mass is 9.95. The first kappa shape index (κ1) is 24.7. The van der Waals surface area contributed by atoms with Gasteiger partial charge >= 0.3 is 6.18 Å². The van der Waals surface area contributed by atoms with Gasteiger partial charge in [-0.25, -0.2) is 4.98 Å². The van der Waals surface area contributed by atoms with E-state index >= 15 is 0 Å². The molecule has 176 valence electrons. The van der Waals surface area contributed by atoms with E-state index in [4.69, 9.17) is 9.47 Å². The summed E-state index contributed by atoms with van der Waals surface area (Å²) < 4.78 is 51.3. The summed E-state index contributed by atoms with van der Waals surface area (Å²) in [5.41, 5.74) is -0.670. The van der Waals surface area contributed by atoms with Crippen LogP contribution in [-0.2, 0) is 11.0 Å². The summed E-state index contributed by atoms with van der Waals surface area (Å²) in [5, 5.41) is 12.1. The van der Waals surface area contributed by atoms with E-state index in [-0.39, 0.29) is 34.3 Å². The highest BCUT2D eigenvalue weighted by molar-refractivity contribution is 8.00. The Morgan fingerprint density at radius 3 is 2.58 bits per heavy atom. The van der Waals surface area contributed by atoms with Crippen LogP contribution in [0.3, 0.4) is 0 Å². The first-order chi connectivity index (χ1) is 15.6. The van der Waals surface area contributed by atoms with Crippen LogP contribution in [0, 0.1) is 24.2 Å². The molecule has 2 aromatic rings. The summed E-state index contributed by atoms with van der Waals surface area (Å²) >= 11 is 0.808. The van der Waals surface area contributed by atoms with E-state index in [1.165, 1.54) is 6.92 Å². The Labute approximate surface area is 194 Å². The van der Waals surface area contributed by atoms with Gasteiger partial charge in [-0.2, -0.15) is 18.4 Å². The van der Waals surface area contributed by atoms with Crippen molar-refractivity contribution in [2.75, 3.05) is 19.0 Å². The van der Waals surface area contributed by atoms with Gasteiger partial charge in [0.2, 0.25) is 5.91 Å². The van der Waals surface area contributed by atoms with Crippen LogP contribution in [0.5, 0.6) is 11.5 Å². The maximum Gasteiger partial charge on any atom is 0.417 e. The topological polar surface area (TPSA) is 84.2 Å². The monoisotopic (exact) mass is 479 g/mol. The highest BCUT2D eigenvalue weighted by atomic mass is 32.2. The van der Waals surface area contributed by atoms with Crippen molar-refractivity contribution in [3.8, 4) is 17.6 Å². The minimum Gasteiger partial charge on any atom is -0.490 e. The molecule has 0 radical (unpaired) electrons. The van der Waals surface area contributed by atoms with E-state index in [1.54, 1.807) is 12.1 Å². The summed E-state index contributed by atoms with van der Waals surface area (Å²) in [4.78, 5) is 16.7. The number of alkyl halides is 3. The zero-order chi connectivity index (χ0) is 24.2. The molecule has 1 aliphatic rings. The highest BCUT2D eigenvalue weighted by Gasteiger charge is 2.35. The molecule has 1 atom stereocenters. The molecule has 1 aromatic heterocycles. The predicted molar refractivity (Wildman–Crippen MR) is 117 cm³/mol. The molecule has 0 saturated heterocycles. The number of nitrogens with zero attached hydrogens (tertiary/aromatic N) is 2. The molecule has 3 rings (SSSR count). The minimum absolute atomic E-state index is 0.0345. The molecular weight excluding hydrogens is 455 g/mol. The fraction of sp³-hybridized carbons (Fsp3) is 0.435. The molecule has 0 fully saturated rings. The molecule has 1 aromatic carbocycles. The second kappa shape index (κ2) is 10.3. The molecule has 1 aliphatic heterocycles. The third kappa shape index (κ3) is 6.11. The van der Waals surface area contributed by atoms with Gasteiger partial charge in [-0.05, 0) is 36.6 Å². The minimum atomic E-state index is -4.68. The number of carbonyl (C=O) groups excluding carboxylic acids is 1. The fourth-order valence-corrected chi connectivity index (χ4v) is 4.30. The Morgan fingerprint density at radius 1 is 1.24 bits per heavy atom. The van der Waals surface area contributed by atoms with Crippen molar-refractivity contribution in [3.63, 3.8) is 0 Å². The molecule has 0 bridgehead atoms. The number of amides is 1. The van der Waals surface area contributed by atoms with Gasteiger partial charge in [-0.3, -0.25) is 4.79 Å². The van der Waals surface area contributed by atoms with Gasteiger partial charge in [-0.15, -0.1) is 0 Å². The van der Waals surface area contributed by atoms with E-state index in [1.807, 2.05) is 26.0 Å². The molecule has 1 amide bonds. The number of nitrogens with one attached hydrogen (secondary N) is 1. The van der Waals surface area contributed by atoms with E-state index in [0.29, 0.717) is 24.7 Å². The summed E-state index contributed by atoms with van der Waals surface area (Å²) in [7, 11) is 0. The third-order valence-corrected chi connectivity index (χ3v) is 5.96. The Morgan fingerprint density at radius 2 is 1.94 bits per heavy atom. The van der Waals surface area contributed by atoms with Crippen molar-refractivity contribution >= 4 is 17.7 Å². The van der Waals surface area contributed by atoms with Gasteiger partial charge in [0.15, 0.2) is 11.5 Å². The molecule has 1 N–H and O–H groups in total. The van der Waals surface area contributed by atoms with E-state index < -0.39 is 17.3 Å². The molecule has 0 aliphatic carbocycles. The van der Waals surface area contributed by atoms with E-state index in [9.17, 15) is 23.2 Å². The van der Waals surface area contributed by atoms with Crippen LogP contribution in [0.2, 0.25) is 0 Å². The van der Waals surface area contributed by atoms with Crippen LogP contribution in [-0.4, -0.2) is 29.9 Å². The molecule has 10 heteroatoms. The van der Waals surface area contributed by atoms with Gasteiger partial charge in [0, 0.05) is 12.1 Å². The lowest BCUT2D eigenvalue weighted by molar-refractivity contribution is -0.138. The number of halogens is 3. The quantitative estimate of drug-likeness (QED) is 0.584. The number of thioether (sulfide) groups is 1. The van der Waals surface area contributed by atoms with Crippen molar-refractivity contribution in [1.82, 2.24) is 10.3 Å². The van der Waals surface area contributed by atoms with Crippen LogP contribution in [0.15, 0.2) is 29.3 Å². The number of nitriles is 1. The Hall–Kier alpha value is -2.93. The van der Waals surface area contributed by atoms with Crippen molar-refractivity contribution in [3.05, 3.63) is 46.6 Å². The zero-order valence-electron chi connectivity index (χ0n) is 18.5. The maximum absolute atomic E-state index is 13.3. The van der Waals surface area contributed by atoms with E-state index in [2.05, 4.69) is 10.3 Å². The SMILES string of the molecule is Cc1cc(C(F)(F)F)c(C#N)c(SCC(=O)NC(c2ccc3c(c2)OCCCO3)C(C)C)n1. The van der Waals surface area contributed by atoms with Crippen molar-refractivity contribution in [2.45, 2.75) is 44.4 Å². The van der Waals surface area contributed by atoms with Crippen LogP contribution < -0.4 is 14.8 Å². The number of hydrogen-bond donors (Lipinski definition) is 1. The molecule has 0 spiro atoms. The molecule has 6 nitrogen and oxygen atoms in total. The lowest BCUT2D eigenvalue weighted by Crippen LogP contribution is -2.33. The number of ether oxygens (including phenoxy) is 2. The summed E-state index contributed by atoms with van der Waals surface area (Å²) in [6, 6.07) is 7.57. The molecule has 1 unspecified atom stereocenters. The summed E-state index contributed by atoms with van der Waals surface area (Å²) in [5.74, 6) is 0.729. The Balaban J connectivity index is 1.75. The number of rotatable bonds is 6. The average Bonchev–Trinajstić information content (AvgIpc) is 2.99. The lowest BCUT2D eigenvalue weighted by Gasteiger charge is -2.24. The predicted octanol–water partition coefficient (Wildman–Crippen LogP) is 5.05. The number of fused-ring (bicyclic) bond motifs is 1. The van der Waals surface area contributed by atoms with Crippen LogP contribution in [0.4, 0.5) is 13.2 Å². The van der Waals surface area contributed by atoms with Crippen LogP contribution >= 0.6 is 11.8 Å². The normalized spacial score (nSPS) is 14.4. The van der Waals surface area contributed by atoms with Crippen molar-refractivity contribution in [2.24, 2.45) is 5.92 Å². The van der Waals surface area contributed by atoms with Crippen molar-refractivity contribution in [1.29, 1.82) is 5.26 Å². The second-order valence-electron chi connectivity index (χ2n) is 7.94. The third-order valence-electron chi connectivity index (χ3n) is 4.99. The van der Waals surface area contributed by atoms with E-state index in [0.717, 1.165) is 29.8 Å². The smallest absolute Gasteiger partial charge is 0.417 e. The number of hydrogen-bond acceptors (Lipinski definition) is 6. The highest BCUT2D eigenvalue weighted by Crippen LogP contribution is 2.36. The molecule has 33 heavy (non-hydrogen) atoms. The fourth-order valence-electron chi connectivity index (χ4n) is 3.44. The number of pyridine rings is 1. The summed E-state index contributed by atoms with van der Waals surface area (Å²) in [6.45, 7) is 6.43. The molecular formula is C23H24F3N3O3S. The number of aromatic nitrogens is 1. The molecule has 0 saturated carbocycles. The van der Waals surface area contributed by atoms with Crippen molar-refractivity contribution < 1.29 is 27.4 Å². The van der Waals surface area contributed by atoms with Crippen LogP contribution in [0.1, 0.15) is 48.7 Å².